The molecule has 26 heavy (non-hydrogen) atoms. The normalized spacial score (nSPS) is 16.2. The van der Waals surface area contributed by atoms with Crippen molar-refractivity contribution in [1.29, 1.82) is 0 Å². The monoisotopic (exact) mass is 380 g/mol. The van der Waals surface area contributed by atoms with Crippen molar-refractivity contribution in [3.05, 3.63) is 24.0 Å². The van der Waals surface area contributed by atoms with Gasteiger partial charge < -0.3 is 14.6 Å². The first-order valence-corrected chi connectivity index (χ1v) is 9.77. The molecule has 1 aliphatic rings. The van der Waals surface area contributed by atoms with Gasteiger partial charge in [0.05, 0.1) is 11.0 Å². The van der Waals surface area contributed by atoms with E-state index in [4.69, 9.17) is 4.74 Å². The van der Waals surface area contributed by atoms with Crippen LogP contribution in [0.3, 0.4) is 0 Å². The number of carbonyl (C=O) groups is 1. The molecule has 0 aliphatic carbocycles. The number of thioether (sulfide) groups is 1. The molecule has 6 nitrogen and oxygen atoms in total. The predicted molar refractivity (Wildman–Crippen MR) is 101 cm³/mol. The average Bonchev–Trinajstić information content (AvgIpc) is 2.95. The summed E-state index contributed by atoms with van der Waals surface area (Å²) in [4.78, 5) is 23.8. The smallest absolute Gasteiger partial charge is 0.410 e. The van der Waals surface area contributed by atoms with Crippen LogP contribution < -0.4 is 0 Å². The van der Waals surface area contributed by atoms with Gasteiger partial charge in [-0.05, 0) is 39.0 Å². The number of halogens is 1. The lowest BCUT2D eigenvalue weighted by molar-refractivity contribution is 0.0150. The summed E-state index contributed by atoms with van der Waals surface area (Å²) in [7, 11) is 0. The molecule has 2 aromatic rings. The third-order valence-electron chi connectivity index (χ3n) is 4.09. The third kappa shape index (κ3) is 5.11. The average molecular weight is 380 g/mol. The Morgan fingerprint density at radius 1 is 1.31 bits per heavy atom. The molecule has 1 amide bonds. The van der Waals surface area contributed by atoms with E-state index in [1.807, 2.05) is 20.8 Å². The van der Waals surface area contributed by atoms with Gasteiger partial charge in [-0.15, -0.1) is 0 Å². The highest BCUT2D eigenvalue weighted by molar-refractivity contribution is 7.99. The molecule has 1 N–H and O–H groups in total. The number of amides is 1. The summed E-state index contributed by atoms with van der Waals surface area (Å²) in [5.74, 6) is 0.620. The Labute approximate surface area is 157 Å². The fourth-order valence-corrected chi connectivity index (χ4v) is 3.67. The molecule has 0 spiro atoms. The van der Waals surface area contributed by atoms with Crippen LogP contribution in [-0.4, -0.2) is 69.9 Å². The summed E-state index contributed by atoms with van der Waals surface area (Å²) < 4.78 is 18.6. The Bertz CT molecular complexity index is 766. The van der Waals surface area contributed by atoms with Crippen molar-refractivity contribution in [3.8, 4) is 0 Å². The van der Waals surface area contributed by atoms with Crippen LogP contribution in [0.1, 0.15) is 20.8 Å². The maximum atomic E-state index is 13.2. The van der Waals surface area contributed by atoms with Gasteiger partial charge in [-0.3, -0.25) is 4.90 Å². The highest BCUT2D eigenvalue weighted by Gasteiger charge is 2.25. The maximum Gasteiger partial charge on any atom is 0.410 e. The summed E-state index contributed by atoms with van der Waals surface area (Å²) in [6, 6.07) is 4.56. The first-order valence-electron chi connectivity index (χ1n) is 8.78. The van der Waals surface area contributed by atoms with Crippen molar-refractivity contribution < 1.29 is 13.9 Å². The van der Waals surface area contributed by atoms with E-state index in [0.717, 1.165) is 41.6 Å². The molecular weight excluding hydrogens is 355 g/mol. The quantitative estimate of drug-likeness (QED) is 0.825. The zero-order valence-electron chi connectivity index (χ0n) is 15.4. The number of nitrogens with zero attached hydrogens (tertiary/aromatic N) is 3. The fraction of sp³-hybridized carbons (Fsp3) is 0.556. The van der Waals surface area contributed by atoms with Crippen LogP contribution in [0.25, 0.3) is 11.0 Å². The molecule has 3 rings (SSSR count). The Balaban J connectivity index is 1.41. The molecule has 1 fully saturated rings. The number of aromatic nitrogens is 2. The zero-order valence-corrected chi connectivity index (χ0v) is 16.2. The molecule has 1 saturated heterocycles. The second-order valence-electron chi connectivity index (χ2n) is 7.36. The Morgan fingerprint density at radius 2 is 2.04 bits per heavy atom. The van der Waals surface area contributed by atoms with Crippen LogP contribution in [-0.2, 0) is 4.74 Å². The number of nitrogens with one attached hydrogen (secondary N) is 1. The number of imidazole rings is 1. The maximum absolute atomic E-state index is 13.2. The number of carbonyl (C=O) groups excluding carboxylic acids is 1. The number of aromatic amines is 1. The van der Waals surface area contributed by atoms with Crippen LogP contribution in [0.15, 0.2) is 23.4 Å². The lowest BCUT2D eigenvalue weighted by Gasteiger charge is -2.35. The van der Waals surface area contributed by atoms with Crippen LogP contribution in [0.4, 0.5) is 9.18 Å². The highest BCUT2D eigenvalue weighted by atomic mass is 32.2. The molecule has 0 unspecified atom stereocenters. The van der Waals surface area contributed by atoms with E-state index >= 15 is 0 Å². The lowest BCUT2D eigenvalue weighted by atomic mass is 10.2. The number of fused-ring (bicyclic) bond motifs is 1. The van der Waals surface area contributed by atoms with Crippen molar-refractivity contribution in [1.82, 2.24) is 19.8 Å². The second-order valence-corrected chi connectivity index (χ2v) is 8.44. The minimum Gasteiger partial charge on any atom is -0.444 e. The minimum absolute atomic E-state index is 0.235. The van der Waals surface area contributed by atoms with E-state index in [2.05, 4.69) is 14.9 Å². The molecule has 142 valence electrons. The molecule has 8 heteroatoms. The summed E-state index contributed by atoms with van der Waals surface area (Å²) >= 11 is 1.62. The standard InChI is InChI=1S/C18H25FN4O2S/c1-18(2,3)25-17(24)23-8-6-22(7-9-23)10-11-26-16-20-14-5-4-13(19)12-15(14)21-16/h4-5,12H,6-11H2,1-3H3,(H,20,21). The summed E-state index contributed by atoms with van der Waals surface area (Å²) in [6.07, 6.45) is -0.235. The fourth-order valence-electron chi connectivity index (χ4n) is 2.78. The van der Waals surface area contributed by atoms with Gasteiger partial charge in [0.15, 0.2) is 5.16 Å². The van der Waals surface area contributed by atoms with E-state index in [-0.39, 0.29) is 11.9 Å². The number of H-pyrrole nitrogens is 1. The van der Waals surface area contributed by atoms with Gasteiger partial charge in [-0.1, -0.05) is 11.8 Å². The van der Waals surface area contributed by atoms with Crippen LogP contribution in [0, 0.1) is 5.82 Å². The van der Waals surface area contributed by atoms with E-state index in [1.54, 1.807) is 22.7 Å². The Morgan fingerprint density at radius 3 is 2.73 bits per heavy atom. The largest absolute Gasteiger partial charge is 0.444 e. The van der Waals surface area contributed by atoms with Crippen molar-refractivity contribution in [2.24, 2.45) is 0 Å². The van der Waals surface area contributed by atoms with E-state index in [9.17, 15) is 9.18 Å². The molecule has 1 aromatic carbocycles. The van der Waals surface area contributed by atoms with Crippen molar-refractivity contribution in [2.75, 3.05) is 38.5 Å². The number of benzene rings is 1. The molecule has 2 heterocycles. The van der Waals surface area contributed by atoms with Gasteiger partial charge in [-0.25, -0.2) is 14.2 Å². The van der Waals surface area contributed by atoms with Gasteiger partial charge in [0.2, 0.25) is 0 Å². The molecular formula is C18H25FN4O2S. The van der Waals surface area contributed by atoms with Gasteiger partial charge in [0.1, 0.15) is 11.4 Å². The predicted octanol–water partition coefficient (Wildman–Crippen LogP) is 3.35. The topological polar surface area (TPSA) is 61.5 Å². The molecule has 0 atom stereocenters. The Kier molecular flexibility index (Phi) is 5.72. The van der Waals surface area contributed by atoms with Crippen LogP contribution in [0.5, 0.6) is 0 Å². The Hall–Kier alpha value is -1.80. The van der Waals surface area contributed by atoms with E-state index in [1.165, 1.54) is 12.1 Å². The summed E-state index contributed by atoms with van der Waals surface area (Å²) in [6.45, 7) is 9.60. The molecule has 0 bridgehead atoms. The minimum atomic E-state index is -0.458. The molecule has 1 aromatic heterocycles. The first-order chi connectivity index (χ1) is 12.3. The summed E-state index contributed by atoms with van der Waals surface area (Å²) in [5.41, 5.74) is 1.04. The van der Waals surface area contributed by atoms with E-state index in [0.29, 0.717) is 13.1 Å². The number of hydrogen-bond acceptors (Lipinski definition) is 5. The first kappa shape index (κ1) is 19.0. The second kappa shape index (κ2) is 7.84. The molecule has 0 radical (unpaired) electrons. The number of piperazine rings is 1. The van der Waals surface area contributed by atoms with Crippen molar-refractivity contribution in [2.45, 2.75) is 31.5 Å². The van der Waals surface area contributed by atoms with Crippen LogP contribution >= 0.6 is 11.8 Å². The van der Waals surface area contributed by atoms with Gasteiger partial charge in [0, 0.05) is 38.5 Å². The van der Waals surface area contributed by atoms with E-state index < -0.39 is 5.60 Å². The van der Waals surface area contributed by atoms with Crippen LogP contribution in [0.2, 0.25) is 0 Å². The summed E-state index contributed by atoms with van der Waals surface area (Å²) in [5, 5.41) is 0.804. The van der Waals surface area contributed by atoms with Gasteiger partial charge in [0.25, 0.3) is 0 Å². The van der Waals surface area contributed by atoms with Gasteiger partial charge in [-0.2, -0.15) is 0 Å². The third-order valence-corrected chi connectivity index (χ3v) is 4.95. The number of rotatable bonds is 4. The SMILES string of the molecule is CC(C)(C)OC(=O)N1CCN(CCSc2nc3ccc(F)cc3[nH]2)CC1. The molecule has 0 saturated carbocycles. The lowest BCUT2D eigenvalue weighted by Crippen LogP contribution is -2.50. The number of ether oxygens (including phenoxy) is 1. The number of hydrogen-bond donors (Lipinski definition) is 1. The van der Waals surface area contributed by atoms with Crippen molar-refractivity contribution in [3.63, 3.8) is 0 Å². The van der Waals surface area contributed by atoms with Crippen molar-refractivity contribution >= 4 is 28.9 Å². The zero-order chi connectivity index (χ0) is 18.7. The highest BCUT2D eigenvalue weighted by Crippen LogP contribution is 2.20. The van der Waals surface area contributed by atoms with Gasteiger partial charge >= 0.3 is 6.09 Å². The molecule has 1 aliphatic heterocycles.